The third kappa shape index (κ3) is 34.6. The van der Waals surface area contributed by atoms with Crippen LogP contribution in [0.4, 0.5) is 5.69 Å². The molecule has 1 fully saturated rings. The van der Waals surface area contributed by atoms with Gasteiger partial charge in [0.1, 0.15) is 72.6 Å². The van der Waals surface area contributed by atoms with Crippen molar-refractivity contribution in [3.8, 4) is 0 Å². The first-order chi connectivity index (χ1) is 56.1. The highest BCUT2D eigenvalue weighted by atomic mass is 16.5. The lowest BCUT2D eigenvalue weighted by atomic mass is 9.95. The van der Waals surface area contributed by atoms with Crippen LogP contribution in [0.5, 0.6) is 0 Å². The maximum absolute atomic E-state index is 14.9. The number of unbranched alkanes of at least 4 members (excludes halogenated alkanes) is 5. The highest BCUT2D eigenvalue weighted by Gasteiger charge is 2.41. The summed E-state index contributed by atoms with van der Waals surface area (Å²) in [5, 5.41) is 68.5. The van der Waals surface area contributed by atoms with E-state index < -0.39 is 267 Å². The van der Waals surface area contributed by atoms with Crippen molar-refractivity contribution in [1.29, 1.82) is 0 Å². The van der Waals surface area contributed by atoms with Crippen molar-refractivity contribution in [2.45, 2.75) is 223 Å². The summed E-state index contributed by atoms with van der Waals surface area (Å²) in [7, 11) is 0. The first-order valence-corrected chi connectivity index (χ1v) is 38.2. The van der Waals surface area contributed by atoms with Crippen LogP contribution in [0.25, 0.3) is 10.9 Å². The Labute approximate surface area is 681 Å². The third-order valence-corrected chi connectivity index (χ3v) is 18.5. The smallest absolute Gasteiger partial charge is 0.329 e. The number of nitrogen functional groups attached to an aromatic ring is 1. The van der Waals surface area contributed by atoms with Gasteiger partial charge in [-0.15, -0.1) is 0 Å². The Hall–Kier alpha value is -13.2. The van der Waals surface area contributed by atoms with Gasteiger partial charge in [0.25, 0.3) is 0 Å². The van der Waals surface area contributed by atoms with Crippen LogP contribution < -0.4 is 92.1 Å². The number of aromatic amines is 1. The standard InChI is InChI=1S/C75H106N18O26/c1-36(2)17-10-8-6-7-9-11-23-56(97)85-46(26-40-33-80-44-21-15-13-18-41(40)44)69(112)88-48(29-55(79)96)70(113)90-51(32-62(106)107)72(115)93-64-39(5)119-75(118)52(27-53(94)42-19-12-14-20-43(42)77)91-74(117)63(37(3)25-59(100)101)92-71(114)47(28-54(78)95)86-58(99)34-81-66(109)49(30-60(102)103)87-65(108)38(4)83-68(111)50(31-61(104)105)89-67(110)45(22-16-24-76)84-57(98)35-82-73(64)116/h12-15,18-21,33,36-39,45-52,63-64,80H,6-11,16-17,22-32,34-35,76-77H2,1-5H3,(H2,78,95)(H2,79,96)(H,81,109)(H,82,116)(H,83,111)(H,84,98)(H,85,97)(H,86,99)(H,87,108)(H,88,112)(H,89,110)(H,90,113)(H,91,117)(H,92,114)(H,93,115)(H,100,101)(H,102,103)(H,104,105)(H,106,107)/t37?,38-,39-,45+,46+,47-,48-,49+,50+,51+,52+,63+,64+/m1/s1. The summed E-state index contributed by atoms with van der Waals surface area (Å²) in [5.41, 5.74) is 23.5. The number of primary amides is 2. The second-order valence-corrected chi connectivity index (χ2v) is 28.9. The van der Waals surface area contributed by atoms with Gasteiger partial charge in [0, 0.05) is 47.6 Å². The number of Topliss-reactive ketones (excluding diaryl/α,β-unsaturated/α-hetero) is 1. The molecular formula is C75H106N18O26. The Morgan fingerprint density at radius 3 is 1.64 bits per heavy atom. The molecule has 13 atom stereocenters. The summed E-state index contributed by atoms with van der Waals surface area (Å²) in [4.78, 5) is 290. The number of para-hydroxylation sites is 2. The van der Waals surface area contributed by atoms with Crippen molar-refractivity contribution < 1.29 is 126 Å². The number of hydrogen-bond donors (Lipinski definition) is 22. The number of carbonyl (C=O) groups is 21. The van der Waals surface area contributed by atoms with Crippen molar-refractivity contribution in [3.05, 3.63) is 65.9 Å². The van der Waals surface area contributed by atoms with Gasteiger partial charge in [-0.05, 0) is 75.3 Å². The molecule has 15 amide bonds. The van der Waals surface area contributed by atoms with E-state index in [0.717, 1.165) is 52.9 Å². The molecule has 1 unspecified atom stereocenters. The van der Waals surface area contributed by atoms with Crippen LogP contribution in [0.2, 0.25) is 0 Å². The Morgan fingerprint density at radius 2 is 1.04 bits per heavy atom. The zero-order chi connectivity index (χ0) is 88.9. The van der Waals surface area contributed by atoms with Crippen molar-refractivity contribution in [2.75, 3.05) is 25.4 Å². The fourth-order valence-electron chi connectivity index (χ4n) is 12.3. The fourth-order valence-corrected chi connectivity index (χ4v) is 12.3. The Balaban J connectivity index is 1.88. The number of anilines is 1. The molecule has 0 bridgehead atoms. The number of carbonyl (C=O) groups excluding carboxylic acids is 17. The number of ketones is 1. The first-order valence-electron chi connectivity index (χ1n) is 38.2. The van der Waals surface area contributed by atoms with Crippen molar-refractivity contribution >= 4 is 141 Å². The predicted molar refractivity (Wildman–Crippen MR) is 416 cm³/mol. The number of carboxylic acid groups (broad SMARTS) is 4. The van der Waals surface area contributed by atoms with E-state index in [0.29, 0.717) is 35.2 Å². The lowest BCUT2D eigenvalue weighted by molar-refractivity contribution is -0.156. The average molecular weight is 1680 g/mol. The summed E-state index contributed by atoms with van der Waals surface area (Å²) in [6.45, 7) is 4.53. The van der Waals surface area contributed by atoms with Crippen molar-refractivity contribution in [1.82, 2.24) is 74.1 Å². The number of nitrogens with one attached hydrogen (secondary N) is 14. The molecule has 1 saturated heterocycles. The monoisotopic (exact) mass is 1670 g/mol. The van der Waals surface area contributed by atoms with Crippen LogP contribution in [0.1, 0.15) is 160 Å². The number of amides is 15. The third-order valence-electron chi connectivity index (χ3n) is 18.5. The van der Waals surface area contributed by atoms with Gasteiger partial charge in [-0.2, -0.15) is 0 Å². The molecule has 0 radical (unpaired) electrons. The Kier molecular flexibility index (Phi) is 40.4. The molecular weight excluding hydrogens is 1570 g/mol. The lowest BCUT2D eigenvalue weighted by Crippen LogP contribution is -2.62. The molecule has 2 heterocycles. The molecule has 0 saturated carbocycles. The van der Waals surface area contributed by atoms with Gasteiger partial charge in [-0.1, -0.05) is 89.6 Å². The van der Waals surface area contributed by atoms with E-state index in [1.54, 1.807) is 30.5 Å². The SMILES string of the molecule is CC(C)CCCCCCCCC(=O)N[C@@H](Cc1c[nH]c2ccccc12)C(=O)N[C@H](CC(N)=O)C(=O)N[C@@H](CC(=O)O)C(=O)N[C@@H]1C(=O)NCC(=O)N[C@@H](CCCN)C(=O)N[C@@H](CC(=O)O)C(=O)N[C@H](C)C(=O)N[C@@H](CC(=O)O)C(=O)NCC(=O)N[C@H](CC(N)=O)C(=O)N[C@@H](C(C)CC(=O)O)C(=O)N[C@@H](CC(=O)c2ccccc2N)C(=O)O[C@@H]1C. The minimum Gasteiger partial charge on any atom is -0.481 e. The van der Waals surface area contributed by atoms with E-state index >= 15 is 0 Å². The van der Waals surface area contributed by atoms with Crippen LogP contribution in [0.15, 0.2) is 54.7 Å². The first kappa shape index (κ1) is 98.2. The number of cyclic esters (lactones) is 1. The molecule has 119 heavy (non-hydrogen) atoms. The number of nitrogens with two attached hydrogens (primary N) is 4. The predicted octanol–water partition coefficient (Wildman–Crippen LogP) is -5.10. The molecule has 0 spiro atoms. The number of rotatable bonds is 37. The number of carboxylic acids is 4. The van der Waals surface area contributed by atoms with Crippen molar-refractivity contribution in [2.24, 2.45) is 29.0 Å². The van der Waals surface area contributed by atoms with E-state index in [9.17, 15) is 121 Å². The number of fused-ring (bicyclic) bond motifs is 1. The number of hydrogen-bond acceptors (Lipinski definition) is 24. The zero-order valence-corrected chi connectivity index (χ0v) is 66.2. The van der Waals surface area contributed by atoms with Gasteiger partial charge in [-0.3, -0.25) is 95.9 Å². The van der Waals surface area contributed by atoms with Crippen LogP contribution >= 0.6 is 0 Å². The summed E-state index contributed by atoms with van der Waals surface area (Å²) in [5.74, 6) is -30.9. The molecule has 4 rings (SSSR count). The second-order valence-electron chi connectivity index (χ2n) is 28.9. The van der Waals surface area contributed by atoms with Crippen molar-refractivity contribution in [3.63, 3.8) is 0 Å². The molecule has 44 nitrogen and oxygen atoms in total. The van der Waals surface area contributed by atoms with Gasteiger partial charge in [0.15, 0.2) is 5.78 Å². The van der Waals surface area contributed by atoms with E-state index in [1.165, 1.54) is 24.3 Å². The highest BCUT2D eigenvalue weighted by Crippen LogP contribution is 2.22. The summed E-state index contributed by atoms with van der Waals surface area (Å²) >= 11 is 0. The number of aromatic nitrogens is 1. The van der Waals surface area contributed by atoms with Gasteiger partial charge in [0.2, 0.25) is 88.6 Å². The molecule has 1 aliphatic heterocycles. The van der Waals surface area contributed by atoms with Gasteiger partial charge in [0.05, 0.1) is 51.6 Å². The van der Waals surface area contributed by atoms with Crippen LogP contribution in [0, 0.1) is 11.8 Å². The lowest BCUT2D eigenvalue weighted by Gasteiger charge is -2.30. The molecule has 3 aromatic rings. The van der Waals surface area contributed by atoms with E-state index in [4.69, 9.17) is 27.7 Å². The molecule has 2 aromatic carbocycles. The number of ether oxygens (including phenoxy) is 1. The maximum atomic E-state index is 14.9. The quantitative estimate of drug-likeness (QED) is 0.0111. The summed E-state index contributed by atoms with van der Waals surface area (Å²) in [6.07, 6.45) is -3.58. The van der Waals surface area contributed by atoms with E-state index in [2.05, 4.69) is 72.0 Å². The van der Waals surface area contributed by atoms with E-state index in [-0.39, 0.29) is 37.1 Å². The summed E-state index contributed by atoms with van der Waals surface area (Å²) < 4.78 is 5.70. The van der Waals surface area contributed by atoms with Crippen LogP contribution in [0.3, 0.4) is 0 Å². The Bertz CT molecular complexity index is 4210. The molecule has 0 aliphatic carbocycles. The number of aliphatic carboxylic acids is 4. The van der Waals surface area contributed by atoms with Gasteiger partial charge < -0.3 is 122 Å². The second kappa shape index (κ2) is 49.0. The van der Waals surface area contributed by atoms with Crippen LogP contribution in [-0.2, 0) is 107 Å². The van der Waals surface area contributed by atoms with E-state index in [1.807, 2.05) is 16.0 Å². The number of H-pyrrole nitrogens is 1. The largest absolute Gasteiger partial charge is 0.481 e. The van der Waals surface area contributed by atoms with Gasteiger partial charge in [-0.25, -0.2) is 4.79 Å². The Morgan fingerprint density at radius 1 is 0.513 bits per heavy atom. The van der Waals surface area contributed by atoms with Crippen LogP contribution in [-0.4, -0.2) is 242 Å². The number of esters is 1. The molecule has 1 aliphatic rings. The normalized spacial score (nSPS) is 20.9. The highest BCUT2D eigenvalue weighted by molar-refractivity contribution is 6.05. The minimum atomic E-state index is -2.47. The minimum absolute atomic E-state index is 0.0253. The maximum Gasteiger partial charge on any atom is 0.329 e. The fraction of sp³-hybridized carbons (Fsp3) is 0.533. The number of benzene rings is 2. The molecule has 26 N–H and O–H groups in total. The topological polar surface area (TPSA) is 725 Å². The summed E-state index contributed by atoms with van der Waals surface area (Å²) in [6, 6.07) is -10.8. The average Bonchev–Trinajstić information content (AvgIpc) is 1.65. The molecule has 1 aromatic heterocycles. The molecule has 652 valence electrons. The zero-order valence-electron chi connectivity index (χ0n) is 66.2. The van der Waals surface area contributed by atoms with Gasteiger partial charge >= 0.3 is 29.8 Å². The molecule has 44 heteroatoms.